The van der Waals surface area contributed by atoms with Crippen LogP contribution in [0, 0.1) is 0 Å². The van der Waals surface area contributed by atoms with Crippen LogP contribution >= 0.6 is 11.6 Å². The van der Waals surface area contributed by atoms with E-state index in [0.29, 0.717) is 17.2 Å². The SMILES string of the molecule is CCN(CC)c1ncc(C(=O)OC)c(CCl)n1. The summed E-state index contributed by atoms with van der Waals surface area (Å²) in [7, 11) is 1.32. The van der Waals surface area contributed by atoms with E-state index >= 15 is 0 Å². The molecule has 1 aromatic rings. The summed E-state index contributed by atoms with van der Waals surface area (Å²) in [6, 6.07) is 0. The van der Waals surface area contributed by atoms with Crippen molar-refractivity contribution in [3.63, 3.8) is 0 Å². The molecule has 0 amide bonds. The van der Waals surface area contributed by atoms with Gasteiger partial charge in [-0.2, -0.15) is 0 Å². The van der Waals surface area contributed by atoms with Gasteiger partial charge in [-0.15, -0.1) is 11.6 Å². The average Bonchev–Trinajstić information content (AvgIpc) is 2.39. The fraction of sp³-hybridized carbons (Fsp3) is 0.545. The van der Waals surface area contributed by atoms with Crippen LogP contribution in [0.5, 0.6) is 0 Å². The standard InChI is InChI=1S/C11H16ClN3O2/c1-4-15(5-2)11-13-7-8(10(16)17-3)9(6-12)14-11/h7H,4-6H2,1-3H3. The molecule has 94 valence electrons. The van der Waals surface area contributed by atoms with E-state index < -0.39 is 5.97 Å². The number of carbonyl (C=O) groups excluding carboxylic acids is 1. The minimum Gasteiger partial charge on any atom is -0.465 e. The number of rotatable bonds is 5. The molecule has 0 spiro atoms. The molecule has 0 fully saturated rings. The second-order valence-corrected chi connectivity index (χ2v) is 3.60. The number of anilines is 1. The first kappa shape index (κ1) is 13.7. The monoisotopic (exact) mass is 257 g/mol. The van der Waals surface area contributed by atoms with E-state index in [2.05, 4.69) is 14.7 Å². The van der Waals surface area contributed by atoms with Gasteiger partial charge in [-0.1, -0.05) is 0 Å². The van der Waals surface area contributed by atoms with Crippen LogP contribution in [0.3, 0.4) is 0 Å². The maximum absolute atomic E-state index is 11.4. The van der Waals surface area contributed by atoms with Gasteiger partial charge in [0.2, 0.25) is 5.95 Å². The highest BCUT2D eigenvalue weighted by Gasteiger charge is 2.16. The summed E-state index contributed by atoms with van der Waals surface area (Å²) >= 11 is 5.78. The molecule has 0 aliphatic carbocycles. The first-order valence-electron chi connectivity index (χ1n) is 5.43. The number of aromatic nitrogens is 2. The maximum atomic E-state index is 11.4. The summed E-state index contributed by atoms with van der Waals surface area (Å²) in [5, 5.41) is 0. The van der Waals surface area contributed by atoms with E-state index in [-0.39, 0.29) is 5.88 Å². The number of carbonyl (C=O) groups is 1. The van der Waals surface area contributed by atoms with Crippen molar-refractivity contribution in [2.75, 3.05) is 25.1 Å². The van der Waals surface area contributed by atoms with Crippen molar-refractivity contribution in [2.24, 2.45) is 0 Å². The molecule has 17 heavy (non-hydrogen) atoms. The molecule has 1 heterocycles. The third kappa shape index (κ3) is 3.06. The van der Waals surface area contributed by atoms with Gasteiger partial charge in [-0.3, -0.25) is 0 Å². The molecule has 0 N–H and O–H groups in total. The molecule has 0 aliphatic heterocycles. The van der Waals surface area contributed by atoms with Gasteiger partial charge < -0.3 is 9.64 Å². The van der Waals surface area contributed by atoms with Gasteiger partial charge in [-0.25, -0.2) is 14.8 Å². The van der Waals surface area contributed by atoms with Crippen LogP contribution in [0.15, 0.2) is 6.20 Å². The Balaban J connectivity index is 3.12. The molecule has 5 nitrogen and oxygen atoms in total. The Morgan fingerprint density at radius 3 is 2.59 bits per heavy atom. The number of ether oxygens (including phenoxy) is 1. The first-order valence-corrected chi connectivity index (χ1v) is 5.96. The Kier molecular flexibility index (Phi) is 5.15. The number of methoxy groups -OCH3 is 1. The quantitative estimate of drug-likeness (QED) is 0.595. The molecule has 0 saturated heterocycles. The molecule has 0 atom stereocenters. The topological polar surface area (TPSA) is 55.3 Å². The van der Waals surface area contributed by atoms with Crippen molar-refractivity contribution in [3.8, 4) is 0 Å². The van der Waals surface area contributed by atoms with Crippen LogP contribution in [-0.2, 0) is 10.6 Å². The molecular weight excluding hydrogens is 242 g/mol. The smallest absolute Gasteiger partial charge is 0.341 e. The molecule has 0 aromatic carbocycles. The third-order valence-corrected chi connectivity index (χ3v) is 2.69. The van der Waals surface area contributed by atoms with Gasteiger partial charge in [0, 0.05) is 19.3 Å². The van der Waals surface area contributed by atoms with E-state index in [1.165, 1.54) is 13.3 Å². The lowest BCUT2D eigenvalue weighted by atomic mass is 10.2. The van der Waals surface area contributed by atoms with Crippen LogP contribution in [0.4, 0.5) is 5.95 Å². The molecule has 0 aliphatic rings. The predicted octanol–water partition coefficient (Wildman–Crippen LogP) is 1.85. The average molecular weight is 258 g/mol. The van der Waals surface area contributed by atoms with Crippen LogP contribution < -0.4 is 4.90 Å². The zero-order chi connectivity index (χ0) is 12.8. The van der Waals surface area contributed by atoms with Gasteiger partial charge >= 0.3 is 5.97 Å². The lowest BCUT2D eigenvalue weighted by Gasteiger charge is -2.19. The van der Waals surface area contributed by atoms with Crippen LogP contribution in [0.2, 0.25) is 0 Å². The summed E-state index contributed by atoms with van der Waals surface area (Å²) in [6.45, 7) is 5.63. The minimum absolute atomic E-state index is 0.154. The fourth-order valence-corrected chi connectivity index (χ4v) is 1.65. The summed E-state index contributed by atoms with van der Waals surface area (Å²) in [5.74, 6) is 0.270. The van der Waals surface area contributed by atoms with Crippen molar-refractivity contribution in [2.45, 2.75) is 19.7 Å². The van der Waals surface area contributed by atoms with E-state index in [9.17, 15) is 4.79 Å². The highest BCUT2D eigenvalue weighted by molar-refractivity contribution is 6.17. The zero-order valence-corrected chi connectivity index (χ0v) is 11.0. The fourth-order valence-electron chi connectivity index (χ4n) is 1.45. The molecule has 0 saturated carbocycles. The van der Waals surface area contributed by atoms with Crippen molar-refractivity contribution in [1.29, 1.82) is 0 Å². The normalized spacial score (nSPS) is 10.1. The van der Waals surface area contributed by atoms with Crippen LogP contribution in [0.1, 0.15) is 29.9 Å². The molecule has 1 aromatic heterocycles. The number of alkyl halides is 1. The van der Waals surface area contributed by atoms with Crippen molar-refractivity contribution in [3.05, 3.63) is 17.5 Å². The highest BCUT2D eigenvalue weighted by atomic mass is 35.5. The molecule has 0 bridgehead atoms. The van der Waals surface area contributed by atoms with Gasteiger partial charge in [0.15, 0.2) is 0 Å². The lowest BCUT2D eigenvalue weighted by Crippen LogP contribution is -2.25. The number of halogens is 1. The highest BCUT2D eigenvalue weighted by Crippen LogP contribution is 2.14. The second kappa shape index (κ2) is 6.39. The summed E-state index contributed by atoms with van der Waals surface area (Å²) < 4.78 is 4.64. The van der Waals surface area contributed by atoms with E-state index in [1.807, 2.05) is 18.7 Å². The second-order valence-electron chi connectivity index (χ2n) is 3.33. The van der Waals surface area contributed by atoms with Crippen LogP contribution in [0.25, 0.3) is 0 Å². The number of esters is 1. The Hall–Kier alpha value is -1.36. The minimum atomic E-state index is -0.466. The van der Waals surface area contributed by atoms with Gasteiger partial charge in [0.1, 0.15) is 5.56 Å². The molecule has 6 heteroatoms. The van der Waals surface area contributed by atoms with Crippen molar-refractivity contribution < 1.29 is 9.53 Å². The van der Waals surface area contributed by atoms with Crippen molar-refractivity contribution in [1.82, 2.24) is 9.97 Å². The number of hydrogen-bond donors (Lipinski definition) is 0. The molecular formula is C11H16ClN3O2. The third-order valence-electron chi connectivity index (χ3n) is 2.43. The Morgan fingerprint density at radius 1 is 1.47 bits per heavy atom. The van der Waals surface area contributed by atoms with Crippen molar-refractivity contribution >= 4 is 23.5 Å². The lowest BCUT2D eigenvalue weighted by molar-refractivity contribution is 0.0598. The first-order chi connectivity index (χ1) is 8.17. The number of hydrogen-bond acceptors (Lipinski definition) is 5. The van der Waals surface area contributed by atoms with E-state index in [4.69, 9.17) is 11.6 Å². The Bertz CT molecular complexity index is 394. The van der Waals surface area contributed by atoms with Gasteiger partial charge in [0.05, 0.1) is 18.7 Å². The number of nitrogens with zero attached hydrogens (tertiary/aromatic N) is 3. The maximum Gasteiger partial charge on any atom is 0.341 e. The van der Waals surface area contributed by atoms with E-state index in [0.717, 1.165) is 13.1 Å². The summed E-state index contributed by atoms with van der Waals surface area (Å²) in [6.07, 6.45) is 1.46. The Labute approximate surface area is 106 Å². The van der Waals surface area contributed by atoms with Gasteiger partial charge in [-0.05, 0) is 13.8 Å². The van der Waals surface area contributed by atoms with Gasteiger partial charge in [0.25, 0.3) is 0 Å². The molecule has 0 radical (unpaired) electrons. The summed E-state index contributed by atoms with van der Waals surface area (Å²) in [4.78, 5) is 21.9. The molecule has 1 rings (SSSR count). The largest absolute Gasteiger partial charge is 0.465 e. The van der Waals surface area contributed by atoms with E-state index in [1.54, 1.807) is 0 Å². The zero-order valence-electron chi connectivity index (χ0n) is 10.2. The molecule has 0 unspecified atom stereocenters. The van der Waals surface area contributed by atoms with Crippen LogP contribution in [-0.4, -0.2) is 36.1 Å². The predicted molar refractivity (Wildman–Crippen MR) is 66.5 cm³/mol. The summed E-state index contributed by atoms with van der Waals surface area (Å²) in [5.41, 5.74) is 0.814. The Morgan fingerprint density at radius 2 is 2.12 bits per heavy atom.